The van der Waals surface area contributed by atoms with Gasteiger partial charge in [-0.1, -0.05) is 6.07 Å². The van der Waals surface area contributed by atoms with Crippen LogP contribution in [-0.4, -0.2) is 13.0 Å². The number of thiophene rings is 1. The van der Waals surface area contributed by atoms with E-state index in [1.807, 2.05) is 32.0 Å². The number of hydrogen-bond acceptors (Lipinski definition) is 4. The fourth-order valence-corrected chi connectivity index (χ4v) is 2.55. The number of methoxy groups -OCH3 is 1. The van der Waals surface area contributed by atoms with Crippen LogP contribution in [0.4, 0.5) is 11.4 Å². The summed E-state index contributed by atoms with van der Waals surface area (Å²) in [5.41, 5.74) is 8.12. The molecule has 0 saturated carbocycles. The molecule has 2 rings (SSSR count). The number of anilines is 2. The predicted molar refractivity (Wildman–Crippen MR) is 79.2 cm³/mol. The van der Waals surface area contributed by atoms with Gasteiger partial charge in [0, 0.05) is 10.6 Å². The molecule has 1 aromatic carbocycles. The van der Waals surface area contributed by atoms with Crippen molar-refractivity contribution in [1.29, 1.82) is 0 Å². The van der Waals surface area contributed by atoms with Crippen LogP contribution in [0.15, 0.2) is 24.3 Å². The zero-order chi connectivity index (χ0) is 14.0. The molecule has 5 heteroatoms. The van der Waals surface area contributed by atoms with Crippen LogP contribution in [0.1, 0.15) is 20.1 Å². The van der Waals surface area contributed by atoms with Gasteiger partial charge in [0.1, 0.15) is 5.75 Å². The lowest BCUT2D eigenvalue weighted by Crippen LogP contribution is -2.11. The molecule has 1 heterocycles. The van der Waals surface area contributed by atoms with E-state index in [0.717, 1.165) is 10.4 Å². The van der Waals surface area contributed by atoms with E-state index < -0.39 is 0 Å². The van der Waals surface area contributed by atoms with Crippen molar-refractivity contribution in [3.8, 4) is 5.75 Å². The number of hydrogen-bond donors (Lipinski definition) is 2. The number of nitrogen functional groups attached to an aromatic ring is 1. The van der Waals surface area contributed by atoms with Crippen molar-refractivity contribution in [2.75, 3.05) is 18.2 Å². The third-order valence-corrected chi connectivity index (χ3v) is 3.85. The normalized spacial score (nSPS) is 10.3. The molecule has 19 heavy (non-hydrogen) atoms. The van der Waals surface area contributed by atoms with Crippen LogP contribution in [0.5, 0.6) is 5.75 Å². The molecular weight excluding hydrogens is 260 g/mol. The predicted octanol–water partition coefficient (Wildman–Crippen LogP) is 3.21. The van der Waals surface area contributed by atoms with Crippen molar-refractivity contribution < 1.29 is 9.53 Å². The lowest BCUT2D eigenvalue weighted by Gasteiger charge is -2.10. The Balaban J connectivity index is 2.25. The fraction of sp³-hybridized carbons (Fsp3) is 0.214. The van der Waals surface area contributed by atoms with Crippen LogP contribution in [0.2, 0.25) is 0 Å². The SMILES string of the molecule is COc1ccc(C)cc1NC(=O)c1cc(N)c(C)s1. The summed E-state index contributed by atoms with van der Waals surface area (Å²) in [6, 6.07) is 7.33. The molecule has 100 valence electrons. The summed E-state index contributed by atoms with van der Waals surface area (Å²) < 4.78 is 5.23. The van der Waals surface area contributed by atoms with E-state index in [0.29, 0.717) is 22.0 Å². The highest BCUT2D eigenvalue weighted by Crippen LogP contribution is 2.28. The van der Waals surface area contributed by atoms with Crippen LogP contribution in [0, 0.1) is 13.8 Å². The van der Waals surface area contributed by atoms with Gasteiger partial charge in [-0.25, -0.2) is 0 Å². The van der Waals surface area contributed by atoms with Gasteiger partial charge in [-0.05, 0) is 37.6 Å². The van der Waals surface area contributed by atoms with Gasteiger partial charge in [0.05, 0.1) is 17.7 Å². The number of amides is 1. The van der Waals surface area contributed by atoms with E-state index in [9.17, 15) is 4.79 Å². The maximum absolute atomic E-state index is 12.1. The third-order valence-electron chi connectivity index (χ3n) is 2.78. The Hall–Kier alpha value is -2.01. The summed E-state index contributed by atoms with van der Waals surface area (Å²) in [5, 5.41) is 2.85. The highest BCUT2D eigenvalue weighted by atomic mass is 32.1. The number of carbonyl (C=O) groups is 1. The fourth-order valence-electron chi connectivity index (χ4n) is 1.71. The van der Waals surface area contributed by atoms with Crippen LogP contribution in [0.3, 0.4) is 0 Å². The van der Waals surface area contributed by atoms with Crippen LogP contribution < -0.4 is 15.8 Å². The number of carbonyl (C=O) groups excluding carboxylic acids is 1. The van der Waals surface area contributed by atoms with Crippen molar-refractivity contribution in [3.05, 3.63) is 39.6 Å². The molecule has 0 aliphatic carbocycles. The summed E-state index contributed by atoms with van der Waals surface area (Å²) in [5.74, 6) is 0.467. The topological polar surface area (TPSA) is 64.3 Å². The Morgan fingerprint density at radius 2 is 2.05 bits per heavy atom. The van der Waals surface area contributed by atoms with Gasteiger partial charge < -0.3 is 15.8 Å². The molecule has 4 nitrogen and oxygen atoms in total. The molecule has 0 saturated heterocycles. The Morgan fingerprint density at radius 1 is 1.32 bits per heavy atom. The first-order valence-corrected chi connectivity index (χ1v) is 6.65. The molecule has 0 fully saturated rings. The third kappa shape index (κ3) is 2.88. The summed E-state index contributed by atoms with van der Waals surface area (Å²) in [6.45, 7) is 3.85. The summed E-state index contributed by atoms with van der Waals surface area (Å²) in [7, 11) is 1.58. The van der Waals surface area contributed by atoms with E-state index in [-0.39, 0.29) is 5.91 Å². The molecule has 0 unspecified atom stereocenters. The Morgan fingerprint density at radius 3 is 2.63 bits per heavy atom. The summed E-state index contributed by atoms with van der Waals surface area (Å²) in [4.78, 5) is 13.7. The largest absolute Gasteiger partial charge is 0.495 e. The minimum absolute atomic E-state index is 0.172. The van der Waals surface area contributed by atoms with E-state index in [2.05, 4.69) is 5.32 Å². The molecule has 1 aromatic heterocycles. The van der Waals surface area contributed by atoms with E-state index >= 15 is 0 Å². The monoisotopic (exact) mass is 276 g/mol. The van der Waals surface area contributed by atoms with Gasteiger partial charge in [-0.15, -0.1) is 11.3 Å². The zero-order valence-corrected chi connectivity index (χ0v) is 11.9. The van der Waals surface area contributed by atoms with Gasteiger partial charge in [0.25, 0.3) is 5.91 Å². The van der Waals surface area contributed by atoms with Crippen molar-refractivity contribution >= 4 is 28.6 Å². The quantitative estimate of drug-likeness (QED) is 0.904. The van der Waals surface area contributed by atoms with Gasteiger partial charge in [-0.2, -0.15) is 0 Å². The average Bonchev–Trinajstić information content (AvgIpc) is 2.70. The second kappa shape index (κ2) is 5.32. The van der Waals surface area contributed by atoms with Crippen molar-refractivity contribution in [3.63, 3.8) is 0 Å². The Bertz CT molecular complexity index is 600. The highest BCUT2D eigenvalue weighted by molar-refractivity contribution is 7.14. The number of rotatable bonds is 3. The molecule has 2 aromatic rings. The molecule has 0 aliphatic heterocycles. The molecule has 0 spiro atoms. The van der Waals surface area contributed by atoms with E-state index in [1.54, 1.807) is 13.2 Å². The molecule has 0 aliphatic rings. The molecule has 1 amide bonds. The first-order valence-electron chi connectivity index (χ1n) is 5.83. The first-order chi connectivity index (χ1) is 9.01. The molecule has 3 N–H and O–H groups in total. The second-order valence-corrected chi connectivity index (χ2v) is 5.54. The standard InChI is InChI=1S/C14H16N2O2S/c1-8-4-5-12(18-3)11(6-8)16-14(17)13-7-10(15)9(2)19-13/h4-7H,15H2,1-3H3,(H,16,17). The first kappa shape index (κ1) is 13.4. The van der Waals surface area contributed by atoms with Gasteiger partial charge >= 0.3 is 0 Å². The van der Waals surface area contributed by atoms with Crippen molar-refractivity contribution in [2.24, 2.45) is 0 Å². The highest BCUT2D eigenvalue weighted by Gasteiger charge is 2.13. The number of benzene rings is 1. The van der Waals surface area contributed by atoms with Crippen molar-refractivity contribution in [2.45, 2.75) is 13.8 Å². The Labute approximate surface area is 116 Å². The Kier molecular flexibility index (Phi) is 3.76. The maximum Gasteiger partial charge on any atom is 0.265 e. The lowest BCUT2D eigenvalue weighted by molar-refractivity contribution is 0.103. The maximum atomic E-state index is 12.1. The molecular formula is C14H16N2O2S. The number of aryl methyl sites for hydroxylation is 2. The zero-order valence-electron chi connectivity index (χ0n) is 11.1. The van der Waals surface area contributed by atoms with Crippen molar-refractivity contribution in [1.82, 2.24) is 0 Å². The minimum atomic E-state index is -0.172. The average molecular weight is 276 g/mol. The van der Waals surface area contributed by atoms with Crippen LogP contribution in [-0.2, 0) is 0 Å². The number of ether oxygens (including phenoxy) is 1. The number of nitrogens with two attached hydrogens (primary N) is 1. The second-order valence-electron chi connectivity index (χ2n) is 4.28. The molecule has 0 atom stereocenters. The van der Waals surface area contributed by atoms with Gasteiger partial charge in [-0.3, -0.25) is 4.79 Å². The summed E-state index contributed by atoms with van der Waals surface area (Å²) >= 11 is 1.38. The molecule has 0 bridgehead atoms. The van der Waals surface area contributed by atoms with Gasteiger partial charge in [0.2, 0.25) is 0 Å². The minimum Gasteiger partial charge on any atom is -0.495 e. The summed E-state index contributed by atoms with van der Waals surface area (Å²) in [6.07, 6.45) is 0. The van der Waals surface area contributed by atoms with E-state index in [4.69, 9.17) is 10.5 Å². The van der Waals surface area contributed by atoms with Gasteiger partial charge in [0.15, 0.2) is 0 Å². The van der Waals surface area contributed by atoms with E-state index in [1.165, 1.54) is 11.3 Å². The molecule has 0 radical (unpaired) electrons. The lowest BCUT2D eigenvalue weighted by atomic mass is 10.2. The van der Waals surface area contributed by atoms with Crippen LogP contribution in [0.25, 0.3) is 0 Å². The number of nitrogens with one attached hydrogen (secondary N) is 1. The smallest absolute Gasteiger partial charge is 0.265 e. The van der Waals surface area contributed by atoms with Crippen LogP contribution >= 0.6 is 11.3 Å².